The van der Waals surface area contributed by atoms with E-state index in [2.05, 4.69) is 0 Å². The van der Waals surface area contributed by atoms with Crippen LogP contribution in [0, 0.1) is 0 Å². The summed E-state index contributed by atoms with van der Waals surface area (Å²) in [6.07, 6.45) is 1.08. The number of ether oxygens (including phenoxy) is 1. The molecule has 0 atom stereocenters. The van der Waals surface area contributed by atoms with E-state index in [1.165, 1.54) is 0 Å². The minimum atomic E-state index is -2.82. The predicted octanol–water partition coefficient (Wildman–Crippen LogP) is 0.351. The van der Waals surface area contributed by atoms with Crippen molar-refractivity contribution in [2.45, 2.75) is 25.4 Å². The molecular formula is C8H18ClNO3S. The van der Waals surface area contributed by atoms with Crippen LogP contribution in [0.1, 0.15) is 19.8 Å². The lowest BCUT2D eigenvalue weighted by molar-refractivity contribution is -0.0390. The molecule has 0 aliphatic carbocycles. The van der Waals surface area contributed by atoms with E-state index in [1.807, 2.05) is 6.92 Å². The zero-order valence-corrected chi connectivity index (χ0v) is 9.99. The fourth-order valence-corrected chi connectivity index (χ4v) is 3.19. The summed E-state index contributed by atoms with van der Waals surface area (Å²) in [5.41, 5.74) is 5.22. The van der Waals surface area contributed by atoms with Crippen LogP contribution in [0.5, 0.6) is 0 Å². The Hall–Kier alpha value is 0.160. The summed E-state index contributed by atoms with van der Waals surface area (Å²) in [5.74, 6) is 0.425. The average Bonchev–Trinajstić information content (AvgIpc) is 2.10. The summed E-state index contributed by atoms with van der Waals surface area (Å²) < 4.78 is 27.8. The van der Waals surface area contributed by atoms with E-state index in [4.69, 9.17) is 10.5 Å². The smallest absolute Gasteiger partial charge is 0.150 e. The molecule has 1 aliphatic rings. The molecule has 4 nitrogen and oxygen atoms in total. The lowest BCUT2D eigenvalue weighted by Crippen LogP contribution is -2.47. The molecule has 2 N–H and O–H groups in total. The standard InChI is InChI=1S/C8H17NO3S.ClH/c1-2-12-8(7-9)3-5-13(10,11)6-4-8;/h2-7,9H2,1H3;1H. The van der Waals surface area contributed by atoms with E-state index in [1.54, 1.807) is 0 Å². The topological polar surface area (TPSA) is 69.4 Å². The molecule has 0 radical (unpaired) electrons. The minimum Gasteiger partial charge on any atom is -0.374 e. The fourth-order valence-electron chi connectivity index (χ4n) is 1.62. The maximum atomic E-state index is 11.2. The molecule has 14 heavy (non-hydrogen) atoms. The van der Waals surface area contributed by atoms with Crippen LogP contribution in [0.3, 0.4) is 0 Å². The third-order valence-corrected chi connectivity index (χ3v) is 4.21. The molecule has 0 aromatic carbocycles. The second kappa shape index (κ2) is 5.30. The van der Waals surface area contributed by atoms with Crippen LogP contribution >= 0.6 is 12.4 Å². The number of sulfone groups is 1. The van der Waals surface area contributed by atoms with Gasteiger partial charge in [-0.1, -0.05) is 0 Å². The maximum absolute atomic E-state index is 11.2. The summed E-state index contributed by atoms with van der Waals surface area (Å²) in [4.78, 5) is 0. The largest absolute Gasteiger partial charge is 0.374 e. The van der Waals surface area contributed by atoms with E-state index < -0.39 is 9.84 Å². The van der Waals surface area contributed by atoms with Gasteiger partial charge in [-0.15, -0.1) is 12.4 Å². The van der Waals surface area contributed by atoms with Gasteiger partial charge >= 0.3 is 0 Å². The molecule has 1 saturated heterocycles. The second-order valence-corrected chi connectivity index (χ2v) is 5.78. The Balaban J connectivity index is 0.00000169. The minimum absolute atomic E-state index is 0. The van der Waals surface area contributed by atoms with Crippen LogP contribution < -0.4 is 5.73 Å². The third-order valence-electron chi connectivity index (χ3n) is 2.56. The normalized spacial score (nSPS) is 23.9. The van der Waals surface area contributed by atoms with Crippen LogP contribution in [0.25, 0.3) is 0 Å². The van der Waals surface area contributed by atoms with E-state index in [0.717, 1.165) is 0 Å². The van der Waals surface area contributed by atoms with Crippen LogP contribution in [-0.2, 0) is 14.6 Å². The predicted molar refractivity (Wildman–Crippen MR) is 58.5 cm³/mol. The van der Waals surface area contributed by atoms with Gasteiger partial charge in [-0.25, -0.2) is 8.42 Å². The monoisotopic (exact) mass is 243 g/mol. The van der Waals surface area contributed by atoms with Crippen LogP contribution in [0.2, 0.25) is 0 Å². The Labute approximate surface area is 91.5 Å². The SMILES string of the molecule is CCOC1(CN)CCS(=O)(=O)CC1.Cl. The van der Waals surface area contributed by atoms with Crippen molar-refractivity contribution < 1.29 is 13.2 Å². The van der Waals surface area contributed by atoms with Crippen molar-refractivity contribution in [3.63, 3.8) is 0 Å². The molecule has 1 aliphatic heterocycles. The molecule has 0 aromatic heterocycles. The maximum Gasteiger partial charge on any atom is 0.150 e. The van der Waals surface area contributed by atoms with Crippen molar-refractivity contribution in [3.05, 3.63) is 0 Å². The fraction of sp³-hybridized carbons (Fsp3) is 1.00. The van der Waals surface area contributed by atoms with Gasteiger partial charge in [0, 0.05) is 13.2 Å². The molecule has 0 unspecified atom stereocenters. The van der Waals surface area contributed by atoms with Gasteiger partial charge in [-0.05, 0) is 19.8 Å². The Morgan fingerprint density at radius 3 is 2.21 bits per heavy atom. The average molecular weight is 244 g/mol. The quantitative estimate of drug-likeness (QED) is 0.777. The first-order chi connectivity index (χ1) is 6.04. The van der Waals surface area contributed by atoms with Crippen molar-refractivity contribution in [3.8, 4) is 0 Å². The molecular weight excluding hydrogens is 226 g/mol. The lowest BCUT2D eigenvalue weighted by atomic mass is 9.97. The zero-order chi connectivity index (χ0) is 9.95. The van der Waals surface area contributed by atoms with Gasteiger partial charge in [-0.3, -0.25) is 0 Å². The summed E-state index contributed by atoms with van der Waals surface area (Å²) in [5, 5.41) is 0. The molecule has 86 valence electrons. The number of halogens is 1. The van der Waals surface area contributed by atoms with Crippen molar-refractivity contribution >= 4 is 22.2 Å². The lowest BCUT2D eigenvalue weighted by Gasteiger charge is -2.35. The zero-order valence-electron chi connectivity index (χ0n) is 8.36. The Bertz CT molecular complexity index is 252. The number of hydrogen-bond donors (Lipinski definition) is 1. The van der Waals surface area contributed by atoms with Gasteiger partial charge in [0.2, 0.25) is 0 Å². The van der Waals surface area contributed by atoms with Gasteiger partial charge in [0.05, 0.1) is 17.1 Å². The number of rotatable bonds is 3. The number of hydrogen-bond acceptors (Lipinski definition) is 4. The first-order valence-electron chi connectivity index (χ1n) is 4.58. The van der Waals surface area contributed by atoms with Gasteiger partial charge in [0.25, 0.3) is 0 Å². The van der Waals surface area contributed by atoms with Crippen LogP contribution in [-0.4, -0.2) is 38.7 Å². The molecule has 1 heterocycles. The van der Waals surface area contributed by atoms with Gasteiger partial charge in [0.15, 0.2) is 9.84 Å². The van der Waals surface area contributed by atoms with Crippen molar-refractivity contribution in [1.82, 2.24) is 0 Å². The molecule has 6 heteroatoms. The first kappa shape index (κ1) is 14.2. The summed E-state index contributed by atoms with van der Waals surface area (Å²) in [6.45, 7) is 2.91. The molecule has 0 aromatic rings. The summed E-state index contributed by atoms with van der Waals surface area (Å²) in [7, 11) is -2.82. The van der Waals surface area contributed by atoms with Crippen LogP contribution in [0.15, 0.2) is 0 Å². The molecule has 1 rings (SSSR count). The Kier molecular flexibility index (Phi) is 5.36. The highest BCUT2D eigenvalue weighted by Gasteiger charge is 2.36. The van der Waals surface area contributed by atoms with E-state index in [9.17, 15) is 8.42 Å². The summed E-state index contributed by atoms with van der Waals surface area (Å²) in [6, 6.07) is 0. The van der Waals surface area contributed by atoms with Gasteiger partial charge in [-0.2, -0.15) is 0 Å². The first-order valence-corrected chi connectivity index (χ1v) is 6.40. The van der Waals surface area contributed by atoms with Crippen molar-refractivity contribution in [2.24, 2.45) is 5.73 Å². The highest BCUT2D eigenvalue weighted by Crippen LogP contribution is 2.26. The van der Waals surface area contributed by atoms with Crippen molar-refractivity contribution in [2.75, 3.05) is 24.7 Å². The third kappa shape index (κ3) is 3.38. The molecule has 0 saturated carbocycles. The van der Waals surface area contributed by atoms with E-state index in [0.29, 0.717) is 26.0 Å². The molecule has 0 spiro atoms. The molecule has 0 amide bonds. The van der Waals surface area contributed by atoms with E-state index >= 15 is 0 Å². The van der Waals surface area contributed by atoms with Gasteiger partial charge in [0.1, 0.15) is 0 Å². The highest BCUT2D eigenvalue weighted by atomic mass is 35.5. The summed E-state index contributed by atoms with van der Waals surface area (Å²) >= 11 is 0. The molecule has 1 fully saturated rings. The van der Waals surface area contributed by atoms with Crippen molar-refractivity contribution in [1.29, 1.82) is 0 Å². The highest BCUT2D eigenvalue weighted by molar-refractivity contribution is 7.91. The van der Waals surface area contributed by atoms with Crippen LogP contribution in [0.4, 0.5) is 0 Å². The second-order valence-electron chi connectivity index (χ2n) is 3.47. The Morgan fingerprint density at radius 1 is 1.36 bits per heavy atom. The number of nitrogens with two attached hydrogens (primary N) is 1. The Morgan fingerprint density at radius 2 is 1.86 bits per heavy atom. The van der Waals surface area contributed by atoms with E-state index in [-0.39, 0.29) is 29.5 Å². The van der Waals surface area contributed by atoms with Gasteiger partial charge < -0.3 is 10.5 Å². The molecule has 0 bridgehead atoms.